The molecule has 0 atom stereocenters. The van der Waals surface area contributed by atoms with Gasteiger partial charge in [-0.2, -0.15) is 0 Å². The summed E-state index contributed by atoms with van der Waals surface area (Å²) in [6, 6.07) is 0. The van der Waals surface area contributed by atoms with E-state index in [1.165, 1.54) is 12.0 Å². The number of carbonyl (C=O) groups is 2. The number of hydrogen-bond donors (Lipinski definition) is 1. The molecule has 1 N–H and O–H groups in total. The number of hydrogen-bond acceptors (Lipinski definition) is 5. The number of amides is 1. The molecular formula is C13H20N2O4S. The first-order valence-electron chi connectivity index (χ1n) is 6.42. The lowest BCUT2D eigenvalue weighted by molar-refractivity contribution is -0.144. The molecule has 0 aliphatic carbocycles. The van der Waals surface area contributed by atoms with Gasteiger partial charge in [-0.15, -0.1) is 11.3 Å². The van der Waals surface area contributed by atoms with Gasteiger partial charge >= 0.3 is 5.97 Å². The average molecular weight is 300 g/mol. The minimum atomic E-state index is -1.01. The number of aliphatic carboxylic acids is 1. The molecular weight excluding hydrogens is 280 g/mol. The largest absolute Gasteiger partial charge is 0.480 e. The second-order valence-electron chi connectivity index (χ2n) is 4.41. The fourth-order valence-corrected chi connectivity index (χ4v) is 2.41. The Morgan fingerprint density at radius 1 is 1.50 bits per heavy atom. The molecule has 1 heterocycles. The van der Waals surface area contributed by atoms with E-state index < -0.39 is 5.97 Å². The summed E-state index contributed by atoms with van der Waals surface area (Å²) < 4.78 is 4.89. The van der Waals surface area contributed by atoms with Crippen molar-refractivity contribution in [2.75, 3.05) is 26.8 Å². The van der Waals surface area contributed by atoms with Crippen LogP contribution < -0.4 is 0 Å². The Morgan fingerprint density at radius 2 is 2.25 bits per heavy atom. The van der Waals surface area contributed by atoms with Gasteiger partial charge < -0.3 is 14.7 Å². The smallest absolute Gasteiger partial charge is 0.323 e. The van der Waals surface area contributed by atoms with Crippen molar-refractivity contribution in [1.29, 1.82) is 0 Å². The highest BCUT2D eigenvalue weighted by Crippen LogP contribution is 2.11. The molecule has 0 saturated heterocycles. The van der Waals surface area contributed by atoms with Gasteiger partial charge in [-0.3, -0.25) is 9.59 Å². The third-order valence-corrected chi connectivity index (χ3v) is 3.56. The number of aromatic nitrogens is 1. The average Bonchev–Trinajstić information content (AvgIpc) is 2.79. The molecule has 0 radical (unpaired) electrons. The minimum absolute atomic E-state index is 0.156. The molecule has 0 aliphatic heterocycles. The minimum Gasteiger partial charge on any atom is -0.480 e. The van der Waals surface area contributed by atoms with Crippen LogP contribution in [-0.4, -0.2) is 53.7 Å². The zero-order valence-corrected chi connectivity index (χ0v) is 12.6. The molecule has 1 rings (SSSR count). The van der Waals surface area contributed by atoms with Crippen molar-refractivity contribution in [2.24, 2.45) is 0 Å². The van der Waals surface area contributed by atoms with Gasteiger partial charge in [-0.05, 0) is 19.8 Å². The second kappa shape index (κ2) is 8.65. The lowest BCUT2D eigenvalue weighted by atomic mass is 10.2. The van der Waals surface area contributed by atoms with Crippen molar-refractivity contribution < 1.29 is 19.4 Å². The summed E-state index contributed by atoms with van der Waals surface area (Å²) in [6.45, 7) is 2.30. The van der Waals surface area contributed by atoms with Crippen LogP contribution in [-0.2, 0) is 20.7 Å². The highest BCUT2D eigenvalue weighted by molar-refractivity contribution is 7.09. The van der Waals surface area contributed by atoms with E-state index in [0.29, 0.717) is 26.0 Å². The van der Waals surface area contributed by atoms with Gasteiger partial charge in [0.1, 0.15) is 6.54 Å². The summed E-state index contributed by atoms with van der Waals surface area (Å²) in [5, 5.41) is 11.8. The van der Waals surface area contributed by atoms with Crippen LogP contribution in [0.5, 0.6) is 0 Å². The van der Waals surface area contributed by atoms with Gasteiger partial charge in [0.25, 0.3) is 0 Å². The molecule has 20 heavy (non-hydrogen) atoms. The summed E-state index contributed by atoms with van der Waals surface area (Å²) in [4.78, 5) is 28.3. The molecule has 0 spiro atoms. The van der Waals surface area contributed by atoms with Crippen LogP contribution in [0.4, 0.5) is 0 Å². The first kappa shape index (κ1) is 16.6. The molecule has 7 heteroatoms. The van der Waals surface area contributed by atoms with E-state index in [0.717, 1.165) is 17.1 Å². The maximum atomic E-state index is 12.0. The predicted octanol–water partition coefficient (Wildman–Crippen LogP) is 1.33. The molecule has 0 fully saturated rings. The molecule has 1 aromatic rings. The number of carbonyl (C=O) groups excluding carboxylic acids is 1. The van der Waals surface area contributed by atoms with Crippen molar-refractivity contribution in [1.82, 2.24) is 9.88 Å². The first-order valence-corrected chi connectivity index (χ1v) is 7.30. The van der Waals surface area contributed by atoms with Crippen LogP contribution in [0.2, 0.25) is 0 Å². The number of carboxylic acids is 1. The molecule has 6 nitrogen and oxygen atoms in total. The van der Waals surface area contributed by atoms with Crippen LogP contribution in [0.15, 0.2) is 5.38 Å². The molecule has 0 saturated carbocycles. The fourth-order valence-electron chi connectivity index (χ4n) is 1.76. The van der Waals surface area contributed by atoms with Gasteiger partial charge in [0, 0.05) is 25.5 Å². The maximum Gasteiger partial charge on any atom is 0.323 e. The predicted molar refractivity (Wildman–Crippen MR) is 75.9 cm³/mol. The van der Waals surface area contributed by atoms with E-state index in [2.05, 4.69) is 4.98 Å². The summed E-state index contributed by atoms with van der Waals surface area (Å²) >= 11 is 1.59. The Bertz CT molecular complexity index is 447. The van der Waals surface area contributed by atoms with Crippen molar-refractivity contribution in [3.8, 4) is 0 Å². The van der Waals surface area contributed by atoms with Crippen LogP contribution in [0.25, 0.3) is 0 Å². The number of aryl methyl sites for hydroxylation is 2. The summed E-state index contributed by atoms with van der Waals surface area (Å²) in [7, 11) is 1.52. The standard InChI is InChI=1S/C13H20N2O4S/c1-10-14-11(9-20-10)4-3-5-12(16)15(6-7-19-2)8-13(17)18/h9H,3-8H2,1-2H3,(H,17,18). The van der Waals surface area contributed by atoms with E-state index in [4.69, 9.17) is 9.84 Å². The Labute approximate surface area is 122 Å². The molecule has 1 amide bonds. The molecule has 112 valence electrons. The summed E-state index contributed by atoms with van der Waals surface area (Å²) in [6.07, 6.45) is 1.74. The van der Waals surface area contributed by atoms with E-state index in [9.17, 15) is 9.59 Å². The van der Waals surface area contributed by atoms with E-state index in [-0.39, 0.29) is 12.5 Å². The number of rotatable bonds is 9. The van der Waals surface area contributed by atoms with Gasteiger partial charge in [0.15, 0.2) is 0 Å². The van der Waals surface area contributed by atoms with Gasteiger partial charge in [0.05, 0.1) is 17.3 Å². The van der Waals surface area contributed by atoms with Crippen molar-refractivity contribution >= 4 is 23.2 Å². The lowest BCUT2D eigenvalue weighted by Crippen LogP contribution is -2.37. The monoisotopic (exact) mass is 300 g/mol. The van der Waals surface area contributed by atoms with E-state index in [1.807, 2.05) is 12.3 Å². The Kier molecular flexibility index (Phi) is 7.17. The van der Waals surface area contributed by atoms with Gasteiger partial charge in [-0.1, -0.05) is 0 Å². The molecule has 0 bridgehead atoms. The third-order valence-electron chi connectivity index (χ3n) is 2.73. The first-order chi connectivity index (χ1) is 9.52. The number of methoxy groups -OCH3 is 1. The molecule has 0 aromatic carbocycles. The molecule has 0 aliphatic rings. The van der Waals surface area contributed by atoms with Crippen LogP contribution >= 0.6 is 11.3 Å². The van der Waals surface area contributed by atoms with Crippen LogP contribution in [0.3, 0.4) is 0 Å². The number of thiazole rings is 1. The molecule has 1 aromatic heterocycles. The zero-order valence-electron chi connectivity index (χ0n) is 11.8. The van der Waals surface area contributed by atoms with Crippen molar-refractivity contribution in [3.05, 3.63) is 16.1 Å². The topological polar surface area (TPSA) is 79.7 Å². The number of carboxylic acid groups (broad SMARTS) is 1. The van der Waals surface area contributed by atoms with Crippen LogP contribution in [0, 0.1) is 6.92 Å². The summed E-state index contributed by atoms with van der Waals surface area (Å²) in [5.41, 5.74) is 0.988. The second-order valence-corrected chi connectivity index (χ2v) is 5.48. The Hall–Kier alpha value is -1.47. The number of ether oxygens (including phenoxy) is 1. The zero-order chi connectivity index (χ0) is 15.0. The summed E-state index contributed by atoms with van der Waals surface area (Å²) in [5.74, 6) is -1.17. The fraction of sp³-hybridized carbons (Fsp3) is 0.615. The Balaban J connectivity index is 2.38. The third kappa shape index (κ3) is 6.12. The SMILES string of the molecule is COCCN(CC(=O)O)C(=O)CCCc1csc(C)n1. The van der Waals surface area contributed by atoms with Gasteiger partial charge in [0.2, 0.25) is 5.91 Å². The molecule has 0 unspecified atom stereocenters. The quantitative estimate of drug-likeness (QED) is 0.744. The van der Waals surface area contributed by atoms with E-state index >= 15 is 0 Å². The lowest BCUT2D eigenvalue weighted by Gasteiger charge is -2.20. The normalized spacial score (nSPS) is 10.5. The Morgan fingerprint density at radius 3 is 2.80 bits per heavy atom. The van der Waals surface area contributed by atoms with Crippen molar-refractivity contribution in [3.63, 3.8) is 0 Å². The highest BCUT2D eigenvalue weighted by Gasteiger charge is 2.16. The van der Waals surface area contributed by atoms with E-state index in [1.54, 1.807) is 11.3 Å². The van der Waals surface area contributed by atoms with Crippen LogP contribution in [0.1, 0.15) is 23.5 Å². The highest BCUT2D eigenvalue weighted by atomic mass is 32.1. The number of nitrogens with zero attached hydrogens (tertiary/aromatic N) is 2. The maximum absolute atomic E-state index is 12.0. The van der Waals surface area contributed by atoms with Gasteiger partial charge in [-0.25, -0.2) is 4.98 Å². The van der Waals surface area contributed by atoms with Crippen molar-refractivity contribution in [2.45, 2.75) is 26.2 Å².